The van der Waals surface area contributed by atoms with E-state index in [4.69, 9.17) is 9.47 Å². The Morgan fingerprint density at radius 2 is 2.17 bits per heavy atom. The van der Waals surface area contributed by atoms with E-state index in [0.29, 0.717) is 12.2 Å². The van der Waals surface area contributed by atoms with Crippen molar-refractivity contribution < 1.29 is 19.4 Å². The Kier molecular flexibility index (Phi) is 6.35. The minimum absolute atomic E-state index is 0.168. The number of methoxy groups -OCH3 is 2. The third-order valence-corrected chi connectivity index (χ3v) is 2.36. The Morgan fingerprint density at radius 1 is 1.39 bits per heavy atom. The van der Waals surface area contributed by atoms with E-state index >= 15 is 0 Å². The zero-order valence-corrected chi connectivity index (χ0v) is 10.7. The van der Waals surface area contributed by atoms with Gasteiger partial charge in [0, 0.05) is 26.3 Å². The lowest BCUT2D eigenvalue weighted by Crippen LogP contribution is -2.34. The summed E-state index contributed by atoms with van der Waals surface area (Å²) in [5, 5.41) is 12.1. The Hall–Kier alpha value is -1.43. The van der Waals surface area contributed by atoms with Crippen LogP contribution in [0.15, 0.2) is 24.3 Å². The van der Waals surface area contributed by atoms with Gasteiger partial charge in [0.15, 0.2) is 0 Å². The number of carbonyl (C=O) groups excluding carboxylic acids is 1. The van der Waals surface area contributed by atoms with E-state index in [9.17, 15) is 9.90 Å². The van der Waals surface area contributed by atoms with Gasteiger partial charge in [0.05, 0.1) is 19.3 Å². The topological polar surface area (TPSA) is 67.8 Å². The second-order valence-electron chi connectivity index (χ2n) is 3.95. The summed E-state index contributed by atoms with van der Waals surface area (Å²) in [5.41, 5.74) is 1.48. The molecule has 2 N–H and O–H groups in total. The van der Waals surface area contributed by atoms with Crippen molar-refractivity contribution in [1.29, 1.82) is 0 Å². The van der Waals surface area contributed by atoms with E-state index in [1.165, 1.54) is 7.11 Å². The summed E-state index contributed by atoms with van der Waals surface area (Å²) in [6, 6.07) is 7.17. The summed E-state index contributed by atoms with van der Waals surface area (Å²) in [4.78, 5) is 11.8. The Morgan fingerprint density at radius 3 is 2.83 bits per heavy atom. The molecular formula is C13H19NO4. The van der Waals surface area contributed by atoms with Crippen molar-refractivity contribution in [3.05, 3.63) is 35.4 Å². The van der Waals surface area contributed by atoms with Gasteiger partial charge in [-0.05, 0) is 17.7 Å². The Bertz CT molecular complexity index is 381. The fourth-order valence-corrected chi connectivity index (χ4v) is 1.53. The van der Waals surface area contributed by atoms with Crippen LogP contribution in [0.25, 0.3) is 0 Å². The number of ether oxygens (including phenoxy) is 2. The normalized spacial score (nSPS) is 12.2. The van der Waals surface area contributed by atoms with Crippen molar-refractivity contribution in [2.24, 2.45) is 0 Å². The smallest absolute Gasteiger partial charge is 0.251 e. The maximum Gasteiger partial charge on any atom is 0.251 e. The van der Waals surface area contributed by atoms with Gasteiger partial charge in [-0.15, -0.1) is 0 Å². The number of aliphatic hydroxyl groups excluding tert-OH is 1. The van der Waals surface area contributed by atoms with Crippen LogP contribution in [-0.2, 0) is 16.1 Å². The number of benzene rings is 1. The zero-order chi connectivity index (χ0) is 13.4. The van der Waals surface area contributed by atoms with Crippen molar-refractivity contribution >= 4 is 5.91 Å². The van der Waals surface area contributed by atoms with Crippen molar-refractivity contribution in [2.45, 2.75) is 12.7 Å². The van der Waals surface area contributed by atoms with Crippen molar-refractivity contribution in [1.82, 2.24) is 5.32 Å². The number of nitrogens with one attached hydrogen (secondary N) is 1. The van der Waals surface area contributed by atoms with Gasteiger partial charge >= 0.3 is 0 Å². The van der Waals surface area contributed by atoms with Crippen LogP contribution >= 0.6 is 0 Å². The lowest BCUT2D eigenvalue weighted by molar-refractivity contribution is 0.0609. The number of carbonyl (C=O) groups is 1. The molecule has 1 aromatic carbocycles. The van der Waals surface area contributed by atoms with Crippen LogP contribution in [-0.4, -0.2) is 44.5 Å². The molecule has 0 saturated carbocycles. The van der Waals surface area contributed by atoms with Crippen LogP contribution in [0.3, 0.4) is 0 Å². The fourth-order valence-electron chi connectivity index (χ4n) is 1.53. The second kappa shape index (κ2) is 7.81. The minimum Gasteiger partial charge on any atom is -0.389 e. The van der Waals surface area contributed by atoms with Crippen LogP contribution in [0, 0.1) is 0 Å². The highest BCUT2D eigenvalue weighted by molar-refractivity contribution is 5.94. The molecular weight excluding hydrogens is 234 g/mol. The molecule has 0 aliphatic carbocycles. The SMILES string of the molecule is COCc1cccc(C(=O)NCC(O)COC)c1. The quantitative estimate of drug-likeness (QED) is 0.745. The molecule has 1 atom stereocenters. The van der Waals surface area contributed by atoms with Gasteiger partial charge in [0.25, 0.3) is 5.91 Å². The van der Waals surface area contributed by atoms with Crippen LogP contribution < -0.4 is 5.32 Å². The molecule has 5 nitrogen and oxygen atoms in total. The highest BCUT2D eigenvalue weighted by Gasteiger charge is 2.09. The van der Waals surface area contributed by atoms with Gasteiger partial charge in [0.2, 0.25) is 0 Å². The summed E-state index contributed by atoms with van der Waals surface area (Å²) in [5.74, 6) is -0.219. The summed E-state index contributed by atoms with van der Waals surface area (Å²) in [7, 11) is 3.10. The molecule has 1 rings (SSSR count). The summed E-state index contributed by atoms with van der Waals surface area (Å²) in [6.07, 6.45) is -0.693. The van der Waals surface area contributed by atoms with E-state index in [1.54, 1.807) is 25.3 Å². The van der Waals surface area contributed by atoms with E-state index < -0.39 is 6.10 Å². The molecule has 0 fully saturated rings. The molecule has 1 unspecified atom stereocenters. The molecule has 0 aliphatic rings. The van der Waals surface area contributed by atoms with Crippen molar-refractivity contribution in [3.8, 4) is 0 Å². The number of rotatable bonds is 7. The van der Waals surface area contributed by atoms with Crippen molar-refractivity contribution in [2.75, 3.05) is 27.4 Å². The van der Waals surface area contributed by atoms with Gasteiger partial charge in [-0.3, -0.25) is 4.79 Å². The first kappa shape index (κ1) is 14.6. The first-order valence-corrected chi connectivity index (χ1v) is 5.70. The number of amides is 1. The molecule has 0 aliphatic heterocycles. The molecule has 0 radical (unpaired) electrons. The summed E-state index contributed by atoms with van der Waals surface area (Å²) >= 11 is 0. The molecule has 18 heavy (non-hydrogen) atoms. The lowest BCUT2D eigenvalue weighted by atomic mass is 10.1. The third-order valence-electron chi connectivity index (χ3n) is 2.36. The van der Waals surface area contributed by atoms with Crippen LogP contribution in [0.2, 0.25) is 0 Å². The molecule has 1 amide bonds. The highest BCUT2D eigenvalue weighted by atomic mass is 16.5. The molecule has 0 aromatic heterocycles. The predicted octanol–water partition coefficient (Wildman–Crippen LogP) is 0.570. The number of hydrogen-bond donors (Lipinski definition) is 2. The fraction of sp³-hybridized carbons (Fsp3) is 0.462. The Labute approximate surface area is 107 Å². The minimum atomic E-state index is -0.693. The maximum absolute atomic E-state index is 11.8. The van der Waals surface area contributed by atoms with Crippen LogP contribution in [0.5, 0.6) is 0 Å². The first-order valence-electron chi connectivity index (χ1n) is 5.70. The van der Waals surface area contributed by atoms with Crippen LogP contribution in [0.1, 0.15) is 15.9 Å². The number of aliphatic hydroxyl groups is 1. The predicted molar refractivity (Wildman–Crippen MR) is 67.4 cm³/mol. The second-order valence-corrected chi connectivity index (χ2v) is 3.95. The van der Waals surface area contributed by atoms with E-state index in [1.807, 2.05) is 6.07 Å². The van der Waals surface area contributed by atoms with Gasteiger partial charge in [-0.2, -0.15) is 0 Å². The van der Waals surface area contributed by atoms with E-state index in [2.05, 4.69) is 5.32 Å². The lowest BCUT2D eigenvalue weighted by Gasteiger charge is -2.11. The molecule has 0 bridgehead atoms. The molecule has 0 spiro atoms. The van der Waals surface area contributed by atoms with Crippen molar-refractivity contribution in [3.63, 3.8) is 0 Å². The summed E-state index contributed by atoms with van der Waals surface area (Å²) in [6.45, 7) is 0.832. The average molecular weight is 253 g/mol. The molecule has 5 heteroatoms. The van der Waals surface area contributed by atoms with Gasteiger partial charge in [0.1, 0.15) is 0 Å². The standard InChI is InChI=1S/C13H19NO4/c1-17-8-10-4-3-5-11(6-10)13(16)14-7-12(15)9-18-2/h3-6,12,15H,7-9H2,1-2H3,(H,14,16). The van der Waals surface area contributed by atoms with E-state index in [0.717, 1.165) is 5.56 Å². The molecule has 1 aromatic rings. The van der Waals surface area contributed by atoms with Gasteiger partial charge in [-0.25, -0.2) is 0 Å². The van der Waals surface area contributed by atoms with Gasteiger partial charge in [-0.1, -0.05) is 12.1 Å². The third kappa shape index (κ3) is 4.83. The van der Waals surface area contributed by atoms with Crippen LogP contribution in [0.4, 0.5) is 0 Å². The monoisotopic (exact) mass is 253 g/mol. The highest BCUT2D eigenvalue weighted by Crippen LogP contribution is 2.06. The first-order chi connectivity index (χ1) is 8.67. The average Bonchev–Trinajstić information content (AvgIpc) is 2.37. The molecule has 0 heterocycles. The van der Waals surface area contributed by atoms with Gasteiger partial charge < -0.3 is 19.9 Å². The molecule has 100 valence electrons. The summed E-state index contributed by atoms with van der Waals surface area (Å²) < 4.78 is 9.78. The maximum atomic E-state index is 11.8. The number of hydrogen-bond acceptors (Lipinski definition) is 4. The van der Waals surface area contributed by atoms with E-state index in [-0.39, 0.29) is 19.1 Å². The largest absolute Gasteiger partial charge is 0.389 e. The zero-order valence-electron chi connectivity index (χ0n) is 10.7. The molecule has 0 saturated heterocycles. The Balaban J connectivity index is 2.53.